The van der Waals surface area contributed by atoms with Gasteiger partial charge in [-0.2, -0.15) is 0 Å². The Bertz CT molecular complexity index is 478. The van der Waals surface area contributed by atoms with Crippen LogP contribution in [-0.4, -0.2) is 15.2 Å². The summed E-state index contributed by atoms with van der Waals surface area (Å²) in [7, 11) is 0. The van der Waals surface area contributed by atoms with Gasteiger partial charge in [0.15, 0.2) is 0 Å². The van der Waals surface area contributed by atoms with Crippen LogP contribution in [0.5, 0.6) is 0 Å². The van der Waals surface area contributed by atoms with Gasteiger partial charge < -0.3 is 5.73 Å². The van der Waals surface area contributed by atoms with Crippen molar-refractivity contribution in [2.24, 2.45) is 5.73 Å². The van der Waals surface area contributed by atoms with E-state index in [0.29, 0.717) is 6.54 Å². The van der Waals surface area contributed by atoms with Crippen LogP contribution >= 0.6 is 11.3 Å². The van der Waals surface area contributed by atoms with Crippen molar-refractivity contribution in [3.63, 3.8) is 0 Å². The molecular weight excluding hydrogens is 208 g/mol. The fraction of sp³-hybridized carbons (Fsp3) is 0.300. The van der Waals surface area contributed by atoms with Gasteiger partial charge in [-0.15, -0.1) is 10.2 Å². The number of nitrogens with two attached hydrogens (primary N) is 1. The smallest absolute Gasteiger partial charge is 0.149 e. The Morgan fingerprint density at radius 2 is 2.07 bits per heavy atom. The van der Waals surface area contributed by atoms with Crippen LogP contribution in [0.3, 0.4) is 0 Å². The third kappa shape index (κ3) is 2.03. The molecule has 0 unspecified atom stereocenters. The molecule has 4 nitrogen and oxygen atoms in total. The monoisotopic (exact) mass is 220 g/mol. The highest BCUT2D eigenvalue weighted by Gasteiger charge is 2.08. The zero-order valence-corrected chi connectivity index (χ0v) is 9.51. The Labute approximate surface area is 92.2 Å². The van der Waals surface area contributed by atoms with Gasteiger partial charge in [-0.05, 0) is 26.0 Å². The second-order valence-electron chi connectivity index (χ2n) is 3.29. The molecule has 0 amide bonds. The van der Waals surface area contributed by atoms with E-state index >= 15 is 0 Å². The number of nitrogens with zero attached hydrogens (tertiary/aromatic N) is 3. The standard InChI is InChI=1S/C10H12N4S/c1-6-3-4-8(7(2)12-6)10-14-13-9(5-11)15-10/h3-4H,5,11H2,1-2H3. The van der Waals surface area contributed by atoms with Gasteiger partial charge in [0.25, 0.3) is 0 Å². The van der Waals surface area contributed by atoms with Crippen LogP contribution in [-0.2, 0) is 6.54 Å². The third-order valence-corrected chi connectivity index (χ3v) is 3.08. The Hall–Kier alpha value is -1.33. The summed E-state index contributed by atoms with van der Waals surface area (Å²) in [5, 5.41) is 9.83. The summed E-state index contributed by atoms with van der Waals surface area (Å²) in [6.45, 7) is 4.39. The van der Waals surface area contributed by atoms with Crippen molar-refractivity contribution < 1.29 is 0 Å². The quantitative estimate of drug-likeness (QED) is 0.836. The number of hydrogen-bond acceptors (Lipinski definition) is 5. The lowest BCUT2D eigenvalue weighted by Gasteiger charge is -2.01. The molecule has 2 rings (SSSR count). The van der Waals surface area contributed by atoms with Crippen molar-refractivity contribution in [2.75, 3.05) is 0 Å². The number of hydrogen-bond donors (Lipinski definition) is 1. The zero-order valence-electron chi connectivity index (χ0n) is 8.69. The first-order valence-electron chi connectivity index (χ1n) is 4.68. The van der Waals surface area contributed by atoms with Crippen molar-refractivity contribution in [1.29, 1.82) is 0 Å². The lowest BCUT2D eigenvalue weighted by molar-refractivity contribution is 0.959. The number of aromatic nitrogens is 3. The fourth-order valence-corrected chi connectivity index (χ4v) is 2.15. The molecule has 2 aromatic rings. The molecule has 2 N–H and O–H groups in total. The molecule has 0 saturated carbocycles. The second kappa shape index (κ2) is 4.04. The number of rotatable bonds is 2. The van der Waals surface area contributed by atoms with Gasteiger partial charge in [0.05, 0.1) is 0 Å². The SMILES string of the molecule is Cc1ccc(-c2nnc(CN)s2)c(C)n1. The van der Waals surface area contributed by atoms with E-state index in [-0.39, 0.29) is 0 Å². The van der Waals surface area contributed by atoms with Gasteiger partial charge in [0, 0.05) is 23.5 Å². The van der Waals surface area contributed by atoms with Crippen molar-refractivity contribution >= 4 is 11.3 Å². The molecule has 0 fully saturated rings. The Morgan fingerprint density at radius 1 is 1.27 bits per heavy atom. The minimum Gasteiger partial charge on any atom is -0.324 e. The van der Waals surface area contributed by atoms with E-state index in [9.17, 15) is 0 Å². The Morgan fingerprint density at radius 3 is 2.67 bits per heavy atom. The van der Waals surface area contributed by atoms with Crippen LogP contribution in [0.15, 0.2) is 12.1 Å². The molecule has 15 heavy (non-hydrogen) atoms. The third-order valence-electron chi connectivity index (χ3n) is 2.10. The number of pyridine rings is 1. The van der Waals surface area contributed by atoms with Gasteiger partial charge in [-0.25, -0.2) is 0 Å². The molecule has 0 radical (unpaired) electrons. The molecule has 0 bridgehead atoms. The summed E-state index contributed by atoms with van der Waals surface area (Å²) in [4.78, 5) is 4.39. The first-order valence-corrected chi connectivity index (χ1v) is 5.49. The Kier molecular flexibility index (Phi) is 2.75. The van der Waals surface area contributed by atoms with Crippen LogP contribution in [0.25, 0.3) is 10.6 Å². The Balaban J connectivity index is 2.44. The largest absolute Gasteiger partial charge is 0.324 e. The highest BCUT2D eigenvalue weighted by molar-refractivity contribution is 7.14. The molecule has 2 heterocycles. The van der Waals surface area contributed by atoms with E-state index in [2.05, 4.69) is 15.2 Å². The molecule has 0 aliphatic carbocycles. The summed E-state index contributed by atoms with van der Waals surface area (Å²) in [6.07, 6.45) is 0. The predicted molar refractivity (Wildman–Crippen MR) is 60.5 cm³/mol. The van der Waals surface area contributed by atoms with Crippen LogP contribution < -0.4 is 5.73 Å². The topological polar surface area (TPSA) is 64.7 Å². The van der Waals surface area contributed by atoms with Crippen molar-refractivity contribution in [3.05, 3.63) is 28.5 Å². The fourth-order valence-electron chi connectivity index (χ4n) is 1.36. The second-order valence-corrected chi connectivity index (χ2v) is 4.35. The molecule has 0 saturated heterocycles. The van der Waals surface area contributed by atoms with Crippen LogP contribution in [0.4, 0.5) is 0 Å². The van der Waals surface area contributed by atoms with Gasteiger partial charge in [-0.1, -0.05) is 11.3 Å². The highest BCUT2D eigenvalue weighted by Crippen LogP contribution is 2.25. The molecule has 0 aromatic carbocycles. The summed E-state index contributed by atoms with van der Waals surface area (Å²) in [5.41, 5.74) is 8.53. The van der Waals surface area contributed by atoms with Gasteiger partial charge in [-0.3, -0.25) is 4.98 Å². The van der Waals surface area contributed by atoms with Crippen LogP contribution in [0, 0.1) is 13.8 Å². The minimum atomic E-state index is 0.440. The summed E-state index contributed by atoms with van der Waals surface area (Å²) in [5.74, 6) is 0. The predicted octanol–water partition coefficient (Wildman–Crippen LogP) is 1.68. The lowest BCUT2D eigenvalue weighted by Crippen LogP contribution is -1.94. The van der Waals surface area contributed by atoms with Crippen LogP contribution in [0.1, 0.15) is 16.4 Å². The molecule has 2 aromatic heterocycles. The van der Waals surface area contributed by atoms with E-state index in [1.165, 1.54) is 11.3 Å². The molecule has 0 aliphatic rings. The van der Waals surface area contributed by atoms with Gasteiger partial charge in [0.1, 0.15) is 10.0 Å². The molecular formula is C10H12N4S. The van der Waals surface area contributed by atoms with E-state index in [1.54, 1.807) is 0 Å². The van der Waals surface area contributed by atoms with Crippen molar-refractivity contribution in [2.45, 2.75) is 20.4 Å². The first-order chi connectivity index (χ1) is 7.20. The average Bonchev–Trinajstić information content (AvgIpc) is 2.66. The average molecular weight is 220 g/mol. The molecule has 78 valence electrons. The normalized spacial score (nSPS) is 10.6. The maximum Gasteiger partial charge on any atom is 0.149 e. The van der Waals surface area contributed by atoms with Crippen LogP contribution in [0.2, 0.25) is 0 Å². The highest BCUT2D eigenvalue weighted by atomic mass is 32.1. The zero-order chi connectivity index (χ0) is 10.8. The molecule has 0 atom stereocenters. The van der Waals surface area contributed by atoms with Crippen molar-refractivity contribution in [3.8, 4) is 10.6 Å². The lowest BCUT2D eigenvalue weighted by atomic mass is 10.2. The maximum atomic E-state index is 5.50. The summed E-state index contributed by atoms with van der Waals surface area (Å²) >= 11 is 1.52. The molecule has 0 spiro atoms. The van der Waals surface area contributed by atoms with E-state index < -0.39 is 0 Å². The molecule has 5 heteroatoms. The minimum absolute atomic E-state index is 0.440. The van der Waals surface area contributed by atoms with E-state index in [4.69, 9.17) is 5.73 Å². The summed E-state index contributed by atoms with van der Waals surface area (Å²) in [6, 6.07) is 4.00. The summed E-state index contributed by atoms with van der Waals surface area (Å²) < 4.78 is 0. The number of aryl methyl sites for hydroxylation is 2. The van der Waals surface area contributed by atoms with Crippen molar-refractivity contribution in [1.82, 2.24) is 15.2 Å². The van der Waals surface area contributed by atoms with E-state index in [0.717, 1.165) is 27.0 Å². The van der Waals surface area contributed by atoms with Gasteiger partial charge in [0.2, 0.25) is 0 Å². The molecule has 0 aliphatic heterocycles. The van der Waals surface area contributed by atoms with E-state index in [1.807, 2.05) is 26.0 Å². The first kappa shape index (κ1) is 10.2. The van der Waals surface area contributed by atoms with Gasteiger partial charge >= 0.3 is 0 Å². The maximum absolute atomic E-state index is 5.50.